The van der Waals surface area contributed by atoms with Crippen LogP contribution < -0.4 is 5.32 Å². The molecule has 0 radical (unpaired) electrons. The number of nitrogens with zero attached hydrogens (tertiary/aromatic N) is 3. The van der Waals surface area contributed by atoms with Crippen LogP contribution >= 0.6 is 0 Å². The van der Waals surface area contributed by atoms with Crippen molar-refractivity contribution in [3.63, 3.8) is 0 Å². The number of rotatable bonds is 3. The SMILES string of the molecule is FC(F)(F)c1ccccc1-c1nc2cc(-c3ccc4ccccc4c3)cnc2n1C1CCNCC1. The van der Waals surface area contributed by atoms with E-state index >= 15 is 0 Å². The number of hydrogen-bond donors (Lipinski definition) is 1. The Bertz CT molecular complexity index is 1530. The van der Waals surface area contributed by atoms with E-state index in [2.05, 4.69) is 29.6 Å². The smallest absolute Gasteiger partial charge is 0.317 e. The van der Waals surface area contributed by atoms with E-state index in [-0.39, 0.29) is 11.6 Å². The van der Waals surface area contributed by atoms with Crippen LogP contribution in [0.2, 0.25) is 0 Å². The lowest BCUT2D eigenvalue weighted by molar-refractivity contribution is -0.137. The van der Waals surface area contributed by atoms with Gasteiger partial charge >= 0.3 is 6.18 Å². The first-order chi connectivity index (χ1) is 17.0. The molecule has 0 spiro atoms. The standard InChI is InChI=1S/C28H23F3N4/c29-28(30,31)24-8-4-3-7-23(24)26-34-25-16-21(20-10-9-18-5-1-2-6-19(18)15-20)17-33-27(25)35(26)22-11-13-32-14-12-22/h1-10,15-17,22,32H,11-14H2. The summed E-state index contributed by atoms with van der Waals surface area (Å²) in [7, 11) is 0. The average Bonchev–Trinajstić information content (AvgIpc) is 3.27. The van der Waals surface area contributed by atoms with Gasteiger partial charge in [0.05, 0.1) is 5.56 Å². The molecule has 0 saturated carbocycles. The minimum atomic E-state index is -4.47. The third-order valence-corrected chi connectivity index (χ3v) is 6.76. The lowest BCUT2D eigenvalue weighted by atomic mass is 10.0. The van der Waals surface area contributed by atoms with Gasteiger partial charge in [-0.25, -0.2) is 9.97 Å². The first-order valence-electron chi connectivity index (χ1n) is 11.7. The largest absolute Gasteiger partial charge is 0.417 e. The minimum absolute atomic E-state index is 0.0246. The molecule has 0 bridgehead atoms. The summed E-state index contributed by atoms with van der Waals surface area (Å²) in [5, 5.41) is 5.59. The third kappa shape index (κ3) is 3.96. The summed E-state index contributed by atoms with van der Waals surface area (Å²) in [6, 6.07) is 22.0. The summed E-state index contributed by atoms with van der Waals surface area (Å²) in [6.45, 7) is 1.61. The molecule has 7 heteroatoms. The van der Waals surface area contributed by atoms with Crippen molar-refractivity contribution >= 4 is 21.9 Å². The molecule has 1 aliphatic heterocycles. The second-order valence-electron chi connectivity index (χ2n) is 8.96. The molecule has 0 aliphatic carbocycles. The number of alkyl halides is 3. The Labute approximate surface area is 200 Å². The Hall–Kier alpha value is -3.71. The zero-order chi connectivity index (χ0) is 24.0. The van der Waals surface area contributed by atoms with Gasteiger partial charge in [0.1, 0.15) is 11.3 Å². The fourth-order valence-electron chi connectivity index (χ4n) is 5.03. The van der Waals surface area contributed by atoms with E-state index in [4.69, 9.17) is 9.97 Å². The maximum Gasteiger partial charge on any atom is 0.417 e. The van der Waals surface area contributed by atoms with Crippen LogP contribution in [0, 0.1) is 0 Å². The predicted octanol–water partition coefficient (Wildman–Crippen LogP) is 6.86. The molecule has 176 valence electrons. The van der Waals surface area contributed by atoms with Crippen molar-refractivity contribution in [3.8, 4) is 22.5 Å². The van der Waals surface area contributed by atoms with Gasteiger partial charge in [-0.3, -0.25) is 0 Å². The molecule has 35 heavy (non-hydrogen) atoms. The summed E-state index contributed by atoms with van der Waals surface area (Å²) in [4.78, 5) is 9.51. The lowest BCUT2D eigenvalue weighted by Crippen LogP contribution is -2.30. The van der Waals surface area contributed by atoms with Crippen molar-refractivity contribution < 1.29 is 13.2 Å². The summed E-state index contributed by atoms with van der Waals surface area (Å²) in [6.07, 6.45) is -1.07. The van der Waals surface area contributed by atoms with Crippen molar-refractivity contribution in [2.24, 2.45) is 0 Å². The molecule has 2 aromatic heterocycles. The van der Waals surface area contributed by atoms with Crippen LogP contribution in [0.25, 0.3) is 44.5 Å². The molecule has 3 heterocycles. The van der Waals surface area contributed by atoms with Crippen molar-refractivity contribution in [2.45, 2.75) is 25.1 Å². The molecule has 0 amide bonds. The molecular formula is C28H23F3N4. The van der Waals surface area contributed by atoms with Gasteiger partial charge in [0.2, 0.25) is 0 Å². The molecular weight excluding hydrogens is 449 g/mol. The van der Waals surface area contributed by atoms with Crippen LogP contribution in [0.15, 0.2) is 79.0 Å². The van der Waals surface area contributed by atoms with Crippen LogP contribution in [0.4, 0.5) is 13.2 Å². The molecule has 5 aromatic rings. The van der Waals surface area contributed by atoms with Gasteiger partial charge in [-0.15, -0.1) is 0 Å². The lowest BCUT2D eigenvalue weighted by Gasteiger charge is -2.26. The summed E-state index contributed by atoms with van der Waals surface area (Å²) >= 11 is 0. The minimum Gasteiger partial charge on any atom is -0.317 e. The van der Waals surface area contributed by atoms with Crippen molar-refractivity contribution in [1.82, 2.24) is 19.9 Å². The first-order valence-corrected chi connectivity index (χ1v) is 11.7. The molecule has 1 aliphatic rings. The highest BCUT2D eigenvalue weighted by Crippen LogP contribution is 2.40. The second kappa shape index (κ2) is 8.50. The van der Waals surface area contributed by atoms with E-state index < -0.39 is 11.7 Å². The number of hydrogen-bond acceptors (Lipinski definition) is 3. The van der Waals surface area contributed by atoms with Crippen LogP contribution in [0.5, 0.6) is 0 Å². The average molecular weight is 473 g/mol. The molecule has 1 fully saturated rings. The molecule has 0 unspecified atom stereocenters. The van der Waals surface area contributed by atoms with E-state index in [9.17, 15) is 13.2 Å². The quantitative estimate of drug-likeness (QED) is 0.312. The Morgan fingerprint density at radius 1 is 0.829 bits per heavy atom. The number of pyridine rings is 1. The molecule has 3 aromatic carbocycles. The number of fused-ring (bicyclic) bond motifs is 2. The molecule has 1 N–H and O–H groups in total. The maximum absolute atomic E-state index is 13.9. The Balaban J connectivity index is 1.54. The van der Waals surface area contributed by atoms with Gasteiger partial charge in [-0.05, 0) is 60.5 Å². The van der Waals surface area contributed by atoms with Crippen LogP contribution in [0.3, 0.4) is 0 Å². The highest BCUT2D eigenvalue weighted by molar-refractivity contribution is 5.89. The Morgan fingerprint density at radius 3 is 2.37 bits per heavy atom. The van der Waals surface area contributed by atoms with Crippen molar-refractivity contribution in [2.75, 3.05) is 13.1 Å². The first kappa shape index (κ1) is 21.8. The van der Waals surface area contributed by atoms with Crippen molar-refractivity contribution in [1.29, 1.82) is 0 Å². The summed E-state index contributed by atoms with van der Waals surface area (Å²) in [5.74, 6) is 0.322. The highest BCUT2D eigenvalue weighted by Gasteiger charge is 2.35. The molecule has 4 nitrogen and oxygen atoms in total. The van der Waals surface area contributed by atoms with Gasteiger partial charge < -0.3 is 9.88 Å². The monoisotopic (exact) mass is 472 g/mol. The zero-order valence-corrected chi connectivity index (χ0v) is 18.9. The summed E-state index contributed by atoms with van der Waals surface area (Å²) in [5.41, 5.74) is 2.50. The van der Waals surface area contributed by atoms with Crippen LogP contribution in [-0.2, 0) is 6.18 Å². The topological polar surface area (TPSA) is 42.7 Å². The number of benzene rings is 3. The molecule has 1 saturated heterocycles. The van der Waals surface area contributed by atoms with Crippen molar-refractivity contribution in [3.05, 3.63) is 84.6 Å². The molecule has 0 atom stereocenters. The predicted molar refractivity (Wildman–Crippen MR) is 132 cm³/mol. The summed E-state index contributed by atoms with van der Waals surface area (Å²) < 4.78 is 43.7. The van der Waals surface area contributed by atoms with E-state index in [1.165, 1.54) is 12.1 Å². The number of nitrogens with one attached hydrogen (secondary N) is 1. The fourth-order valence-corrected chi connectivity index (χ4v) is 5.03. The number of aromatic nitrogens is 3. The maximum atomic E-state index is 13.9. The molecule has 6 rings (SSSR count). The van der Waals surface area contributed by atoms with Gasteiger partial charge in [0.15, 0.2) is 5.65 Å². The van der Waals surface area contributed by atoms with Gasteiger partial charge in [0.25, 0.3) is 0 Å². The van der Waals surface area contributed by atoms with Crippen LogP contribution in [0.1, 0.15) is 24.4 Å². The normalized spacial score (nSPS) is 15.2. The van der Waals surface area contributed by atoms with E-state index in [1.54, 1.807) is 12.3 Å². The third-order valence-electron chi connectivity index (χ3n) is 6.76. The van der Waals surface area contributed by atoms with Gasteiger partial charge in [0, 0.05) is 23.4 Å². The Kier molecular flexibility index (Phi) is 5.29. The van der Waals surface area contributed by atoms with Crippen LogP contribution in [-0.4, -0.2) is 27.6 Å². The zero-order valence-electron chi connectivity index (χ0n) is 18.9. The second-order valence-corrected chi connectivity index (χ2v) is 8.96. The Morgan fingerprint density at radius 2 is 1.57 bits per heavy atom. The number of imidazole rings is 1. The van der Waals surface area contributed by atoms with E-state index in [0.29, 0.717) is 17.0 Å². The number of halogens is 3. The fraction of sp³-hybridized carbons (Fsp3) is 0.214. The number of piperidine rings is 1. The highest BCUT2D eigenvalue weighted by atomic mass is 19.4. The van der Waals surface area contributed by atoms with Gasteiger partial charge in [-0.2, -0.15) is 13.2 Å². The van der Waals surface area contributed by atoms with Gasteiger partial charge in [-0.1, -0.05) is 54.6 Å². The van der Waals surface area contributed by atoms with E-state index in [1.807, 2.05) is 28.8 Å². The van der Waals surface area contributed by atoms with E-state index in [0.717, 1.165) is 53.9 Å².